The van der Waals surface area contributed by atoms with Crippen molar-refractivity contribution in [1.29, 1.82) is 0 Å². The Morgan fingerprint density at radius 2 is 1.48 bits per heavy atom. The molecule has 3 rings (SSSR count). The van der Waals surface area contributed by atoms with Crippen molar-refractivity contribution in [3.05, 3.63) is 94.0 Å². The van der Waals surface area contributed by atoms with Gasteiger partial charge in [0.15, 0.2) is 0 Å². The molecule has 0 unspecified atom stereocenters. The van der Waals surface area contributed by atoms with Crippen LogP contribution in [0.2, 0.25) is 0 Å². The Hall–Kier alpha value is -3.12. The number of sulfonamides is 1. The summed E-state index contributed by atoms with van der Waals surface area (Å²) >= 11 is 0. The molecular formula is C27H32N2O3S. The lowest BCUT2D eigenvalue weighted by Crippen LogP contribution is -2.41. The highest BCUT2D eigenvalue weighted by atomic mass is 32.2. The average Bonchev–Trinajstić information content (AvgIpc) is 2.74. The lowest BCUT2D eigenvalue weighted by Gasteiger charge is -2.26. The van der Waals surface area contributed by atoms with Crippen molar-refractivity contribution in [3.63, 3.8) is 0 Å². The summed E-state index contributed by atoms with van der Waals surface area (Å²) < 4.78 is 28.2. The molecule has 0 aliphatic heterocycles. The van der Waals surface area contributed by atoms with Crippen molar-refractivity contribution in [2.45, 2.75) is 52.5 Å². The van der Waals surface area contributed by atoms with E-state index in [1.54, 1.807) is 42.5 Å². The van der Waals surface area contributed by atoms with Crippen molar-refractivity contribution in [2.75, 3.05) is 10.8 Å². The van der Waals surface area contributed by atoms with Crippen LogP contribution in [0.5, 0.6) is 0 Å². The zero-order valence-electron chi connectivity index (χ0n) is 20.1. The predicted octanol–water partition coefficient (Wildman–Crippen LogP) is 5.30. The second kappa shape index (κ2) is 9.79. The smallest absolute Gasteiger partial charge is 0.264 e. The number of anilines is 1. The van der Waals surface area contributed by atoms with E-state index < -0.39 is 10.0 Å². The number of nitrogens with one attached hydrogen (secondary N) is 1. The highest BCUT2D eigenvalue weighted by Crippen LogP contribution is 2.26. The average molecular weight is 465 g/mol. The number of amides is 1. The van der Waals surface area contributed by atoms with Crippen LogP contribution < -0.4 is 9.62 Å². The van der Waals surface area contributed by atoms with Crippen molar-refractivity contribution in [3.8, 4) is 0 Å². The van der Waals surface area contributed by atoms with Gasteiger partial charge in [-0.3, -0.25) is 9.10 Å². The number of nitrogens with zero attached hydrogens (tertiary/aromatic N) is 1. The lowest BCUT2D eigenvalue weighted by molar-refractivity contribution is -0.120. The van der Waals surface area contributed by atoms with E-state index in [-0.39, 0.29) is 23.4 Å². The van der Waals surface area contributed by atoms with Gasteiger partial charge in [-0.25, -0.2) is 8.42 Å². The van der Waals surface area contributed by atoms with E-state index in [1.165, 1.54) is 9.87 Å². The number of hydrogen-bond donors (Lipinski definition) is 1. The zero-order chi connectivity index (χ0) is 24.3. The maximum Gasteiger partial charge on any atom is 0.264 e. The number of hydrogen-bond acceptors (Lipinski definition) is 3. The van der Waals surface area contributed by atoms with Gasteiger partial charge in [0, 0.05) is 0 Å². The molecule has 6 heteroatoms. The van der Waals surface area contributed by atoms with E-state index in [9.17, 15) is 13.2 Å². The molecule has 1 amide bonds. The Morgan fingerprint density at radius 1 is 0.848 bits per heavy atom. The van der Waals surface area contributed by atoms with Gasteiger partial charge in [0.1, 0.15) is 6.54 Å². The van der Waals surface area contributed by atoms with Crippen LogP contribution in [0.25, 0.3) is 0 Å². The maximum absolute atomic E-state index is 13.5. The molecule has 0 aliphatic carbocycles. The molecule has 0 aliphatic rings. The summed E-state index contributed by atoms with van der Waals surface area (Å²) in [5.74, 6) is -0.364. The van der Waals surface area contributed by atoms with Gasteiger partial charge in [-0.2, -0.15) is 0 Å². The summed E-state index contributed by atoms with van der Waals surface area (Å²) in [6, 6.07) is 17.8. The summed E-state index contributed by atoms with van der Waals surface area (Å²) in [7, 11) is -3.93. The minimum atomic E-state index is -3.93. The molecule has 0 radical (unpaired) electrons. The van der Waals surface area contributed by atoms with Crippen LogP contribution in [0.3, 0.4) is 0 Å². The van der Waals surface area contributed by atoms with Crippen LogP contribution in [-0.4, -0.2) is 20.9 Å². The SMILES string of the molecule is Cc1ccc(S(=O)(=O)N(CC(=O)N[C@H](C)c2cc(C)c(C)cc2C)c2cccc(C)c2)cc1. The standard InChI is InChI=1S/C27H32N2O3S/c1-18-10-12-25(13-11-18)33(31,32)29(24-9-7-8-19(2)14-24)17-27(30)28-23(6)26-16-21(4)20(3)15-22(26)5/h7-16,23H,17H2,1-6H3,(H,28,30)/t23-/m1/s1. The first-order valence-electron chi connectivity index (χ1n) is 11.0. The third-order valence-electron chi connectivity index (χ3n) is 5.91. The van der Waals surface area contributed by atoms with E-state index in [2.05, 4.69) is 24.4 Å². The molecule has 0 bridgehead atoms. The van der Waals surface area contributed by atoms with Crippen LogP contribution in [0.4, 0.5) is 5.69 Å². The third-order valence-corrected chi connectivity index (χ3v) is 7.70. The molecule has 174 valence electrons. The summed E-state index contributed by atoms with van der Waals surface area (Å²) in [6.07, 6.45) is 0. The summed E-state index contributed by atoms with van der Waals surface area (Å²) in [5.41, 5.74) is 6.80. The fourth-order valence-electron chi connectivity index (χ4n) is 3.88. The second-order valence-electron chi connectivity index (χ2n) is 8.75. The molecule has 33 heavy (non-hydrogen) atoms. The van der Waals surface area contributed by atoms with Gasteiger partial charge < -0.3 is 5.32 Å². The van der Waals surface area contributed by atoms with Gasteiger partial charge in [-0.05, 0) is 93.6 Å². The van der Waals surface area contributed by atoms with Gasteiger partial charge in [0.25, 0.3) is 10.0 Å². The van der Waals surface area contributed by atoms with E-state index >= 15 is 0 Å². The van der Waals surface area contributed by atoms with Crippen molar-refractivity contribution in [1.82, 2.24) is 5.32 Å². The first-order chi connectivity index (χ1) is 15.5. The van der Waals surface area contributed by atoms with E-state index in [4.69, 9.17) is 0 Å². The molecular weight excluding hydrogens is 432 g/mol. The fourth-order valence-corrected chi connectivity index (χ4v) is 5.29. The van der Waals surface area contributed by atoms with E-state index in [0.29, 0.717) is 5.69 Å². The van der Waals surface area contributed by atoms with E-state index in [1.807, 2.05) is 40.7 Å². The minimum absolute atomic E-state index is 0.153. The van der Waals surface area contributed by atoms with Crippen molar-refractivity contribution in [2.24, 2.45) is 0 Å². The molecule has 1 atom stereocenters. The summed E-state index contributed by atoms with van der Waals surface area (Å²) in [5, 5.41) is 2.99. The Bertz CT molecular complexity index is 1270. The topological polar surface area (TPSA) is 66.5 Å². The zero-order valence-corrected chi connectivity index (χ0v) is 21.0. The number of rotatable bonds is 7. The Balaban J connectivity index is 1.91. The van der Waals surface area contributed by atoms with Crippen LogP contribution in [0.15, 0.2) is 65.6 Å². The first kappa shape index (κ1) is 24.5. The van der Waals surface area contributed by atoms with Gasteiger partial charge >= 0.3 is 0 Å². The van der Waals surface area contributed by atoms with Gasteiger partial charge in [-0.1, -0.05) is 42.0 Å². The molecule has 0 aromatic heterocycles. The number of carbonyl (C=O) groups excluding carboxylic acids is 1. The first-order valence-corrected chi connectivity index (χ1v) is 12.5. The molecule has 0 saturated carbocycles. The fraction of sp³-hybridized carbons (Fsp3) is 0.296. The molecule has 3 aromatic rings. The molecule has 0 spiro atoms. The summed E-state index contributed by atoms with van der Waals surface area (Å²) in [4.78, 5) is 13.2. The molecule has 3 aromatic carbocycles. The van der Waals surface area contributed by atoms with Crippen molar-refractivity contribution >= 4 is 21.6 Å². The predicted molar refractivity (Wildman–Crippen MR) is 134 cm³/mol. The maximum atomic E-state index is 13.5. The molecule has 0 saturated heterocycles. The normalized spacial score (nSPS) is 12.3. The molecule has 5 nitrogen and oxygen atoms in total. The highest BCUT2D eigenvalue weighted by molar-refractivity contribution is 7.92. The van der Waals surface area contributed by atoms with Gasteiger partial charge in [-0.15, -0.1) is 0 Å². The largest absolute Gasteiger partial charge is 0.348 e. The highest BCUT2D eigenvalue weighted by Gasteiger charge is 2.28. The second-order valence-corrected chi connectivity index (χ2v) is 10.6. The van der Waals surface area contributed by atoms with Gasteiger partial charge in [0.05, 0.1) is 16.6 Å². The number of carbonyl (C=O) groups is 1. The van der Waals surface area contributed by atoms with Crippen LogP contribution in [-0.2, 0) is 14.8 Å². The molecule has 0 heterocycles. The Morgan fingerprint density at radius 3 is 2.12 bits per heavy atom. The number of benzene rings is 3. The van der Waals surface area contributed by atoms with E-state index in [0.717, 1.165) is 27.8 Å². The molecule has 1 N–H and O–H groups in total. The third kappa shape index (κ3) is 5.63. The Labute approximate surface area is 197 Å². The van der Waals surface area contributed by atoms with Crippen LogP contribution in [0.1, 0.15) is 46.3 Å². The quantitative estimate of drug-likeness (QED) is 0.516. The monoisotopic (exact) mass is 464 g/mol. The van der Waals surface area contributed by atoms with Gasteiger partial charge in [0.2, 0.25) is 5.91 Å². The van der Waals surface area contributed by atoms with Crippen molar-refractivity contribution < 1.29 is 13.2 Å². The summed E-state index contributed by atoms with van der Waals surface area (Å²) in [6.45, 7) is 11.5. The lowest BCUT2D eigenvalue weighted by atomic mass is 9.96. The van der Waals surface area contributed by atoms with Crippen LogP contribution >= 0.6 is 0 Å². The Kier molecular flexibility index (Phi) is 7.28. The minimum Gasteiger partial charge on any atom is -0.348 e. The van der Waals surface area contributed by atoms with Crippen LogP contribution in [0, 0.1) is 34.6 Å². The molecule has 0 fully saturated rings. The number of aryl methyl sites for hydroxylation is 5.